The van der Waals surface area contributed by atoms with E-state index in [0.29, 0.717) is 22.3 Å². The minimum absolute atomic E-state index is 0.339. The first-order chi connectivity index (χ1) is 8.19. The molecule has 17 heavy (non-hydrogen) atoms. The minimum atomic E-state index is 0.339. The Bertz CT molecular complexity index is 514. The van der Waals surface area contributed by atoms with E-state index in [0.717, 1.165) is 11.3 Å². The van der Waals surface area contributed by atoms with Gasteiger partial charge in [0.05, 0.1) is 12.8 Å². The SMILES string of the molecule is COc1nnc(Cc2ccc(Cl)cc2)cc1Cl. The summed E-state index contributed by atoms with van der Waals surface area (Å²) in [6.07, 6.45) is 0.661. The summed E-state index contributed by atoms with van der Waals surface area (Å²) in [5.74, 6) is 0.339. The fraction of sp³-hybridized carbons (Fsp3) is 0.167. The predicted octanol–water partition coefficient (Wildman–Crippen LogP) is 3.38. The van der Waals surface area contributed by atoms with Crippen molar-refractivity contribution in [1.82, 2.24) is 10.2 Å². The second-order valence-electron chi connectivity index (χ2n) is 3.50. The Hall–Kier alpha value is -1.32. The summed E-state index contributed by atoms with van der Waals surface area (Å²) in [6.45, 7) is 0. The first-order valence-electron chi connectivity index (χ1n) is 4.99. The van der Waals surface area contributed by atoms with Crippen LogP contribution in [0.1, 0.15) is 11.3 Å². The van der Waals surface area contributed by atoms with E-state index in [-0.39, 0.29) is 0 Å². The Morgan fingerprint density at radius 2 is 1.82 bits per heavy atom. The number of hydrogen-bond acceptors (Lipinski definition) is 3. The standard InChI is InChI=1S/C12H10Cl2N2O/c1-17-12-11(14)7-10(15-16-12)6-8-2-4-9(13)5-3-8/h2-5,7H,6H2,1H3. The molecule has 0 aliphatic rings. The zero-order valence-corrected chi connectivity index (χ0v) is 10.7. The molecule has 2 rings (SSSR count). The number of benzene rings is 1. The molecule has 0 unspecified atom stereocenters. The van der Waals surface area contributed by atoms with Gasteiger partial charge in [0, 0.05) is 11.4 Å². The summed E-state index contributed by atoms with van der Waals surface area (Å²) in [6, 6.07) is 9.33. The molecule has 0 aliphatic carbocycles. The van der Waals surface area contributed by atoms with Crippen LogP contribution in [0, 0.1) is 0 Å². The molecule has 1 aromatic heterocycles. The fourth-order valence-electron chi connectivity index (χ4n) is 1.43. The third-order valence-corrected chi connectivity index (χ3v) is 2.78. The average Bonchev–Trinajstić information content (AvgIpc) is 2.32. The highest BCUT2D eigenvalue weighted by Crippen LogP contribution is 2.21. The molecule has 3 nitrogen and oxygen atoms in total. The molecule has 0 aliphatic heterocycles. The van der Waals surface area contributed by atoms with Crippen molar-refractivity contribution in [2.75, 3.05) is 7.11 Å². The van der Waals surface area contributed by atoms with Gasteiger partial charge in [0.25, 0.3) is 5.88 Å². The van der Waals surface area contributed by atoms with Gasteiger partial charge >= 0.3 is 0 Å². The summed E-state index contributed by atoms with van der Waals surface area (Å²) in [4.78, 5) is 0. The van der Waals surface area contributed by atoms with E-state index in [2.05, 4.69) is 10.2 Å². The second kappa shape index (κ2) is 5.34. The van der Waals surface area contributed by atoms with Crippen molar-refractivity contribution >= 4 is 23.2 Å². The lowest BCUT2D eigenvalue weighted by Gasteiger charge is -2.04. The van der Waals surface area contributed by atoms with Gasteiger partial charge in [0.1, 0.15) is 5.02 Å². The highest BCUT2D eigenvalue weighted by Gasteiger charge is 2.05. The van der Waals surface area contributed by atoms with Gasteiger partial charge in [-0.25, -0.2) is 0 Å². The molecule has 2 aromatic rings. The molecule has 0 N–H and O–H groups in total. The number of nitrogens with zero attached hydrogens (tertiary/aromatic N) is 2. The number of halogens is 2. The van der Waals surface area contributed by atoms with Gasteiger partial charge < -0.3 is 4.74 Å². The van der Waals surface area contributed by atoms with E-state index in [9.17, 15) is 0 Å². The van der Waals surface area contributed by atoms with Gasteiger partial charge in [0.15, 0.2) is 0 Å². The van der Waals surface area contributed by atoms with Crippen LogP contribution < -0.4 is 4.74 Å². The number of ether oxygens (including phenoxy) is 1. The predicted molar refractivity (Wildman–Crippen MR) is 67.9 cm³/mol. The molecule has 5 heteroatoms. The molecule has 0 saturated carbocycles. The Morgan fingerprint density at radius 1 is 1.12 bits per heavy atom. The van der Waals surface area contributed by atoms with Gasteiger partial charge in [-0.3, -0.25) is 0 Å². The van der Waals surface area contributed by atoms with E-state index in [1.807, 2.05) is 24.3 Å². The van der Waals surface area contributed by atoms with E-state index < -0.39 is 0 Å². The molecule has 1 heterocycles. The van der Waals surface area contributed by atoms with Gasteiger partial charge in [-0.15, -0.1) is 5.10 Å². The number of hydrogen-bond donors (Lipinski definition) is 0. The third-order valence-electron chi connectivity index (χ3n) is 2.26. The first kappa shape index (κ1) is 12.1. The summed E-state index contributed by atoms with van der Waals surface area (Å²) in [5.41, 5.74) is 1.89. The van der Waals surface area contributed by atoms with Gasteiger partial charge in [0.2, 0.25) is 0 Å². The maximum absolute atomic E-state index is 5.97. The summed E-state index contributed by atoms with van der Waals surface area (Å²) < 4.78 is 4.94. The molecule has 1 aromatic carbocycles. The lowest BCUT2D eigenvalue weighted by molar-refractivity contribution is 0.391. The smallest absolute Gasteiger partial charge is 0.252 e. The largest absolute Gasteiger partial charge is 0.479 e. The molecule has 88 valence electrons. The van der Waals surface area contributed by atoms with Crippen LogP contribution in [-0.2, 0) is 6.42 Å². The monoisotopic (exact) mass is 268 g/mol. The molecule has 0 atom stereocenters. The maximum Gasteiger partial charge on any atom is 0.252 e. The zero-order valence-electron chi connectivity index (χ0n) is 9.15. The van der Waals surface area contributed by atoms with Crippen molar-refractivity contribution in [3.05, 3.63) is 51.6 Å². The van der Waals surface area contributed by atoms with Crippen LogP contribution in [0.2, 0.25) is 10.0 Å². The van der Waals surface area contributed by atoms with Gasteiger partial charge in [-0.1, -0.05) is 35.3 Å². The first-order valence-corrected chi connectivity index (χ1v) is 5.75. The van der Waals surface area contributed by atoms with Crippen molar-refractivity contribution in [2.45, 2.75) is 6.42 Å². The normalized spacial score (nSPS) is 10.3. The van der Waals surface area contributed by atoms with E-state index >= 15 is 0 Å². The van der Waals surface area contributed by atoms with Crippen molar-refractivity contribution in [3.63, 3.8) is 0 Å². The lowest BCUT2D eigenvalue weighted by atomic mass is 10.1. The van der Waals surface area contributed by atoms with Crippen LogP contribution in [0.4, 0.5) is 0 Å². The highest BCUT2D eigenvalue weighted by molar-refractivity contribution is 6.31. The Morgan fingerprint density at radius 3 is 2.41 bits per heavy atom. The van der Waals surface area contributed by atoms with Gasteiger partial charge in [-0.05, 0) is 23.8 Å². The minimum Gasteiger partial charge on any atom is -0.479 e. The Labute approximate surface area is 109 Å². The molecule has 0 fully saturated rings. The van der Waals surface area contributed by atoms with E-state index in [1.165, 1.54) is 7.11 Å². The van der Waals surface area contributed by atoms with Crippen LogP contribution >= 0.6 is 23.2 Å². The third kappa shape index (κ3) is 3.08. The number of rotatable bonds is 3. The van der Waals surface area contributed by atoms with Crippen molar-refractivity contribution in [2.24, 2.45) is 0 Å². The molecule has 0 amide bonds. The van der Waals surface area contributed by atoms with Crippen LogP contribution in [0.25, 0.3) is 0 Å². The number of methoxy groups -OCH3 is 1. The van der Waals surface area contributed by atoms with E-state index in [4.69, 9.17) is 27.9 Å². The molecule has 0 bridgehead atoms. The van der Waals surface area contributed by atoms with Gasteiger partial charge in [-0.2, -0.15) is 5.10 Å². The van der Waals surface area contributed by atoms with Crippen molar-refractivity contribution < 1.29 is 4.74 Å². The number of aromatic nitrogens is 2. The second-order valence-corrected chi connectivity index (χ2v) is 4.34. The average molecular weight is 269 g/mol. The lowest BCUT2D eigenvalue weighted by Crippen LogP contribution is -1.97. The summed E-state index contributed by atoms with van der Waals surface area (Å²) >= 11 is 11.8. The fourth-order valence-corrected chi connectivity index (χ4v) is 1.80. The van der Waals surface area contributed by atoms with Crippen LogP contribution in [0.5, 0.6) is 5.88 Å². The molecule has 0 radical (unpaired) electrons. The Kier molecular flexibility index (Phi) is 3.82. The summed E-state index contributed by atoms with van der Waals surface area (Å²) in [7, 11) is 1.51. The van der Waals surface area contributed by atoms with Crippen LogP contribution in [-0.4, -0.2) is 17.3 Å². The van der Waals surface area contributed by atoms with Crippen molar-refractivity contribution in [1.29, 1.82) is 0 Å². The van der Waals surface area contributed by atoms with Crippen molar-refractivity contribution in [3.8, 4) is 5.88 Å². The quantitative estimate of drug-likeness (QED) is 0.856. The van der Waals surface area contributed by atoms with E-state index in [1.54, 1.807) is 6.07 Å². The maximum atomic E-state index is 5.97. The zero-order chi connectivity index (χ0) is 12.3. The summed E-state index contributed by atoms with van der Waals surface area (Å²) in [5, 5.41) is 9.10. The Balaban J connectivity index is 2.19. The topological polar surface area (TPSA) is 35.0 Å². The molecular weight excluding hydrogens is 259 g/mol. The molecule has 0 saturated heterocycles. The van der Waals surface area contributed by atoms with Crippen LogP contribution in [0.3, 0.4) is 0 Å². The molecular formula is C12H10Cl2N2O. The molecule has 0 spiro atoms. The highest BCUT2D eigenvalue weighted by atomic mass is 35.5. The van der Waals surface area contributed by atoms with Crippen LogP contribution in [0.15, 0.2) is 30.3 Å².